The van der Waals surface area contributed by atoms with Gasteiger partial charge in [-0.15, -0.1) is 0 Å². The first-order valence-electron chi connectivity index (χ1n) is 19.6. The Bertz CT molecular complexity index is 2320. The third-order valence-corrected chi connectivity index (χ3v) is 11.3. The first-order chi connectivity index (χ1) is 27.8. The van der Waals surface area contributed by atoms with Gasteiger partial charge in [-0.1, -0.05) is 91.0 Å². The number of benzene rings is 5. The van der Waals surface area contributed by atoms with Gasteiger partial charge in [-0.25, -0.2) is 0 Å². The van der Waals surface area contributed by atoms with Gasteiger partial charge < -0.3 is 31.5 Å². The number of fused-ring (bicyclic) bond motifs is 5. The van der Waals surface area contributed by atoms with E-state index in [4.69, 9.17) is 0 Å². The van der Waals surface area contributed by atoms with Crippen molar-refractivity contribution in [1.82, 2.24) is 20.9 Å². The second-order valence-corrected chi connectivity index (χ2v) is 15.1. The second kappa shape index (κ2) is 16.7. The molecule has 5 aromatic rings. The molecule has 5 heterocycles. The molecule has 3 fully saturated rings. The minimum absolute atomic E-state index is 0.0261. The van der Waals surface area contributed by atoms with E-state index in [1.54, 1.807) is 24.3 Å². The molecule has 10 heteroatoms. The lowest BCUT2D eigenvalue weighted by Gasteiger charge is -2.45. The van der Waals surface area contributed by atoms with Crippen LogP contribution in [0.2, 0.25) is 0 Å². The van der Waals surface area contributed by atoms with Gasteiger partial charge in [-0.05, 0) is 97.4 Å². The van der Waals surface area contributed by atoms with Crippen LogP contribution in [0.4, 0.5) is 11.4 Å². The van der Waals surface area contributed by atoms with Crippen LogP contribution < -0.4 is 26.6 Å². The molecule has 0 saturated carbocycles. The summed E-state index contributed by atoms with van der Waals surface area (Å²) in [5.74, 6) is 0.144. The number of hydrogen-bond donors (Lipinski definition) is 5. The molecule has 0 radical (unpaired) electrons. The summed E-state index contributed by atoms with van der Waals surface area (Å²) >= 11 is 0. The van der Waals surface area contributed by atoms with Gasteiger partial charge in [0.1, 0.15) is 0 Å². The SMILES string of the molecule is C[C@@H](NC(=O)c1ccc2c(c1)/C(=C(/N[C@@H]1CN3CCC1CC3)c1ccccc1)C(=O)N2)c1ccccc1.O=C1Cc2cc(C(=O)NCc3ccccc3)ccc2N1. The molecule has 10 nitrogen and oxygen atoms in total. The number of hydrogen-bond acceptors (Lipinski definition) is 6. The van der Waals surface area contributed by atoms with Gasteiger partial charge in [0.05, 0.1) is 23.7 Å². The largest absolute Gasteiger partial charge is 0.380 e. The van der Waals surface area contributed by atoms with Crippen molar-refractivity contribution < 1.29 is 19.2 Å². The van der Waals surface area contributed by atoms with Gasteiger partial charge in [-0.2, -0.15) is 0 Å². The molecule has 10 rings (SSSR count). The number of nitrogens with one attached hydrogen (secondary N) is 5. The Morgan fingerprint density at radius 1 is 0.737 bits per heavy atom. The average Bonchev–Trinajstić information content (AvgIpc) is 3.80. The molecule has 0 unspecified atom stereocenters. The third-order valence-electron chi connectivity index (χ3n) is 11.3. The standard InChI is InChI=1S/C31H32N4O2.C16H14N2O2/c1-20(21-8-4-2-5-9-21)32-30(36)24-12-13-26-25(18-24)28(31(37)34-26)29(23-10-6-3-7-11-23)33-27-19-35-16-14-22(27)15-17-35;19-15-9-13-8-12(6-7-14(13)18-15)16(20)17-10-11-4-2-1-3-5-11/h2-13,18,20,22,27,33H,14-17,19H2,1H3,(H,32,36)(H,34,37);1-8H,9-10H2,(H,17,20)(H,18,19)/b29-28-;/t20-,27-;/m1./s1. The zero-order chi connectivity index (χ0) is 39.3. The summed E-state index contributed by atoms with van der Waals surface area (Å²) in [5.41, 5.74) is 8.80. The zero-order valence-corrected chi connectivity index (χ0v) is 31.9. The van der Waals surface area contributed by atoms with Crippen LogP contribution in [0.1, 0.15) is 74.3 Å². The van der Waals surface area contributed by atoms with Crippen LogP contribution in [0.25, 0.3) is 11.3 Å². The number of nitrogens with zero attached hydrogens (tertiary/aromatic N) is 1. The fraction of sp³-hybridized carbons (Fsp3) is 0.234. The van der Waals surface area contributed by atoms with Gasteiger partial charge in [0, 0.05) is 47.2 Å². The van der Waals surface area contributed by atoms with Crippen LogP contribution in [0, 0.1) is 5.92 Å². The molecule has 5 aliphatic rings. The molecule has 0 spiro atoms. The monoisotopic (exact) mass is 758 g/mol. The van der Waals surface area contributed by atoms with Crippen molar-refractivity contribution in [3.63, 3.8) is 0 Å². The molecule has 5 aliphatic heterocycles. The Kier molecular flexibility index (Phi) is 11.0. The lowest BCUT2D eigenvalue weighted by Crippen LogP contribution is -2.55. The van der Waals surface area contributed by atoms with Gasteiger partial charge in [-0.3, -0.25) is 19.2 Å². The second-order valence-electron chi connectivity index (χ2n) is 15.1. The minimum Gasteiger partial charge on any atom is -0.380 e. The highest BCUT2D eigenvalue weighted by molar-refractivity contribution is 6.36. The summed E-state index contributed by atoms with van der Waals surface area (Å²) in [6.45, 7) is 5.77. The summed E-state index contributed by atoms with van der Waals surface area (Å²) in [5, 5.41) is 15.5. The Morgan fingerprint density at radius 2 is 1.39 bits per heavy atom. The number of carbonyl (C=O) groups is 4. The topological polar surface area (TPSA) is 132 Å². The zero-order valence-electron chi connectivity index (χ0n) is 31.9. The lowest BCUT2D eigenvalue weighted by molar-refractivity contribution is -0.115. The van der Waals surface area contributed by atoms with Crippen molar-refractivity contribution in [3.8, 4) is 0 Å². The van der Waals surface area contributed by atoms with E-state index >= 15 is 0 Å². The highest BCUT2D eigenvalue weighted by Gasteiger charge is 2.36. The summed E-state index contributed by atoms with van der Waals surface area (Å²) in [6.07, 6.45) is 2.71. The quantitative estimate of drug-likeness (QED) is 0.105. The first kappa shape index (κ1) is 37.4. The van der Waals surface area contributed by atoms with Crippen LogP contribution in [0.3, 0.4) is 0 Å². The molecule has 2 bridgehead atoms. The smallest absolute Gasteiger partial charge is 0.258 e. The summed E-state index contributed by atoms with van der Waals surface area (Å²) in [7, 11) is 0. The van der Waals surface area contributed by atoms with Crippen LogP contribution >= 0.6 is 0 Å². The maximum Gasteiger partial charge on any atom is 0.258 e. The van der Waals surface area contributed by atoms with Crippen LogP contribution in [-0.2, 0) is 22.6 Å². The molecule has 5 aromatic carbocycles. The van der Waals surface area contributed by atoms with Crippen molar-refractivity contribution in [2.45, 2.75) is 44.8 Å². The van der Waals surface area contributed by atoms with Gasteiger partial charge in [0.15, 0.2) is 0 Å². The Morgan fingerprint density at radius 3 is 2.07 bits per heavy atom. The van der Waals surface area contributed by atoms with Gasteiger partial charge >= 0.3 is 0 Å². The molecular weight excluding hydrogens is 713 g/mol. The molecule has 4 amide bonds. The van der Waals surface area contributed by atoms with Gasteiger partial charge in [0.25, 0.3) is 17.7 Å². The molecular formula is C47H46N6O4. The predicted octanol–water partition coefficient (Wildman–Crippen LogP) is 6.79. The van der Waals surface area contributed by atoms with Gasteiger partial charge in [0.2, 0.25) is 5.91 Å². The maximum absolute atomic E-state index is 13.4. The summed E-state index contributed by atoms with van der Waals surface area (Å²) < 4.78 is 0. The van der Waals surface area contributed by atoms with Crippen molar-refractivity contribution in [2.24, 2.45) is 5.92 Å². The molecule has 3 saturated heterocycles. The normalized spacial score (nSPS) is 20.1. The lowest BCUT2D eigenvalue weighted by atomic mass is 9.83. The molecule has 0 aliphatic carbocycles. The fourth-order valence-corrected chi connectivity index (χ4v) is 8.13. The van der Waals surface area contributed by atoms with Crippen molar-refractivity contribution in [3.05, 3.63) is 166 Å². The van der Waals surface area contributed by atoms with Crippen molar-refractivity contribution in [2.75, 3.05) is 30.3 Å². The Hall–Kier alpha value is -6.52. The van der Waals surface area contributed by atoms with Crippen LogP contribution in [0.5, 0.6) is 0 Å². The van der Waals surface area contributed by atoms with Crippen LogP contribution in [0.15, 0.2) is 127 Å². The molecule has 288 valence electrons. The Balaban J connectivity index is 0.000000192. The van der Waals surface area contributed by atoms with Crippen molar-refractivity contribution in [1.29, 1.82) is 0 Å². The van der Waals surface area contributed by atoms with E-state index in [0.29, 0.717) is 41.6 Å². The number of amides is 4. The Labute approximate surface area is 332 Å². The van der Waals surface area contributed by atoms with Crippen LogP contribution in [-0.4, -0.2) is 54.2 Å². The van der Waals surface area contributed by atoms with Crippen molar-refractivity contribution >= 4 is 46.3 Å². The average molecular weight is 759 g/mol. The maximum atomic E-state index is 13.4. The van der Waals surface area contributed by atoms with E-state index in [1.807, 2.05) is 110 Å². The van der Waals surface area contributed by atoms with E-state index in [0.717, 1.165) is 64.5 Å². The van der Waals surface area contributed by atoms with E-state index in [1.165, 1.54) is 12.8 Å². The molecule has 5 N–H and O–H groups in total. The fourth-order valence-electron chi connectivity index (χ4n) is 8.13. The number of rotatable bonds is 9. The molecule has 0 aromatic heterocycles. The first-order valence-corrected chi connectivity index (χ1v) is 19.6. The van der Waals surface area contributed by atoms with E-state index < -0.39 is 0 Å². The summed E-state index contributed by atoms with van der Waals surface area (Å²) in [4.78, 5) is 52.4. The van der Waals surface area contributed by atoms with E-state index in [9.17, 15) is 19.2 Å². The number of anilines is 2. The number of piperidine rings is 3. The molecule has 57 heavy (non-hydrogen) atoms. The predicted molar refractivity (Wildman–Crippen MR) is 223 cm³/mol. The molecule has 2 atom stereocenters. The number of carbonyl (C=O) groups excluding carboxylic acids is 4. The highest BCUT2D eigenvalue weighted by Crippen LogP contribution is 2.38. The highest BCUT2D eigenvalue weighted by atomic mass is 16.2. The van der Waals surface area contributed by atoms with E-state index in [-0.39, 0.29) is 29.7 Å². The van der Waals surface area contributed by atoms with E-state index in [2.05, 4.69) is 31.5 Å². The minimum atomic E-state index is -0.163. The summed E-state index contributed by atoms with van der Waals surface area (Å²) in [6, 6.07) is 40.6. The third kappa shape index (κ3) is 8.51.